The first-order valence-corrected chi connectivity index (χ1v) is 12.4. The lowest BCUT2D eigenvalue weighted by molar-refractivity contribution is 0.141. The number of amides is 1. The molecular weight excluding hydrogens is 472 g/mol. The SMILES string of the molecule is COc1cc2ncnc(-c3ccc4c(c3)CN(S(=O)(=O)N(C(=O)O)C(C)(C)C)CC4)c2cc1OC. The van der Waals surface area contributed by atoms with Crippen molar-refractivity contribution in [3.05, 3.63) is 47.8 Å². The smallest absolute Gasteiger partial charge is 0.422 e. The van der Waals surface area contributed by atoms with E-state index in [0.29, 0.717) is 33.4 Å². The zero-order valence-electron chi connectivity index (χ0n) is 20.3. The normalized spacial score (nSPS) is 14.4. The first kappa shape index (κ1) is 24.7. The van der Waals surface area contributed by atoms with Crippen LogP contribution in [0.2, 0.25) is 0 Å². The quantitative estimate of drug-likeness (QED) is 0.563. The molecule has 186 valence electrons. The highest BCUT2D eigenvalue weighted by Crippen LogP contribution is 2.36. The molecule has 11 heteroatoms. The Bertz CT molecular complexity index is 1400. The number of hydrogen-bond acceptors (Lipinski definition) is 7. The number of benzene rings is 2. The average Bonchev–Trinajstić information content (AvgIpc) is 2.80. The second-order valence-corrected chi connectivity index (χ2v) is 11.0. The van der Waals surface area contributed by atoms with Crippen molar-refractivity contribution in [3.8, 4) is 22.8 Å². The van der Waals surface area contributed by atoms with Gasteiger partial charge in [-0.05, 0) is 50.5 Å². The van der Waals surface area contributed by atoms with Crippen LogP contribution in [0.4, 0.5) is 4.79 Å². The van der Waals surface area contributed by atoms with Crippen LogP contribution in [0.25, 0.3) is 22.2 Å². The fourth-order valence-corrected chi connectivity index (χ4v) is 6.08. The van der Waals surface area contributed by atoms with Crippen LogP contribution in [0.1, 0.15) is 31.9 Å². The van der Waals surface area contributed by atoms with E-state index in [1.165, 1.54) is 10.6 Å². The highest BCUT2D eigenvalue weighted by molar-refractivity contribution is 7.87. The monoisotopic (exact) mass is 500 g/mol. The van der Waals surface area contributed by atoms with Crippen molar-refractivity contribution in [2.75, 3.05) is 20.8 Å². The van der Waals surface area contributed by atoms with Gasteiger partial charge in [-0.3, -0.25) is 0 Å². The standard InChI is InChI=1S/C24H28N4O6S/c1-24(2,3)28(23(29)30)35(31,32)27-9-8-15-6-7-16(10-17(15)13-27)22-18-11-20(33-4)21(34-5)12-19(18)25-14-26-22/h6-7,10-12,14H,8-9,13H2,1-5H3,(H,29,30). The van der Waals surface area contributed by atoms with Crippen molar-refractivity contribution < 1.29 is 27.8 Å². The third-order valence-corrected chi connectivity index (χ3v) is 8.07. The number of carbonyl (C=O) groups is 1. The number of aromatic nitrogens is 2. The van der Waals surface area contributed by atoms with Gasteiger partial charge in [0.05, 0.1) is 31.0 Å². The van der Waals surface area contributed by atoms with Crippen molar-refractivity contribution in [1.82, 2.24) is 18.6 Å². The molecule has 1 amide bonds. The van der Waals surface area contributed by atoms with E-state index in [1.807, 2.05) is 24.3 Å². The second kappa shape index (κ2) is 8.97. The van der Waals surface area contributed by atoms with Gasteiger partial charge in [0, 0.05) is 30.1 Å². The van der Waals surface area contributed by atoms with Crippen LogP contribution in [0.5, 0.6) is 11.5 Å². The molecule has 1 aromatic heterocycles. The van der Waals surface area contributed by atoms with Crippen molar-refractivity contribution in [1.29, 1.82) is 0 Å². The fourth-order valence-electron chi connectivity index (χ4n) is 4.34. The molecule has 4 rings (SSSR count). The number of ether oxygens (including phenoxy) is 2. The largest absolute Gasteiger partial charge is 0.493 e. The van der Waals surface area contributed by atoms with Crippen LogP contribution in [0.15, 0.2) is 36.7 Å². The summed E-state index contributed by atoms with van der Waals surface area (Å²) in [7, 11) is -1.13. The van der Waals surface area contributed by atoms with Crippen LogP contribution in [0, 0.1) is 0 Å². The maximum Gasteiger partial charge on any atom is 0.422 e. The van der Waals surface area contributed by atoms with Gasteiger partial charge in [-0.2, -0.15) is 17.0 Å². The van der Waals surface area contributed by atoms with Crippen molar-refractivity contribution in [2.45, 2.75) is 39.3 Å². The highest BCUT2D eigenvalue weighted by Gasteiger charge is 2.42. The Labute approximate surface area is 204 Å². The third-order valence-electron chi connectivity index (χ3n) is 5.94. The number of fused-ring (bicyclic) bond motifs is 2. The summed E-state index contributed by atoms with van der Waals surface area (Å²) in [4.78, 5) is 20.7. The Balaban J connectivity index is 1.75. The van der Waals surface area contributed by atoms with Gasteiger partial charge in [0.25, 0.3) is 0 Å². The van der Waals surface area contributed by atoms with E-state index < -0.39 is 21.8 Å². The van der Waals surface area contributed by atoms with Gasteiger partial charge in [-0.25, -0.2) is 14.8 Å². The average molecular weight is 501 g/mol. The van der Waals surface area contributed by atoms with E-state index in [0.717, 1.165) is 22.1 Å². The van der Waals surface area contributed by atoms with E-state index >= 15 is 0 Å². The molecule has 0 saturated carbocycles. The lowest BCUT2D eigenvalue weighted by atomic mass is 9.96. The Morgan fingerprint density at radius 1 is 1.06 bits per heavy atom. The van der Waals surface area contributed by atoms with Crippen LogP contribution in [0.3, 0.4) is 0 Å². The minimum absolute atomic E-state index is 0.0610. The molecule has 0 saturated heterocycles. The Hall–Kier alpha value is -3.44. The molecule has 0 bridgehead atoms. The summed E-state index contributed by atoms with van der Waals surface area (Å²) in [6, 6.07) is 9.40. The van der Waals surface area contributed by atoms with E-state index in [4.69, 9.17) is 9.47 Å². The molecule has 0 atom stereocenters. The summed E-state index contributed by atoms with van der Waals surface area (Å²) < 4.78 is 39.1. The Morgan fingerprint density at radius 2 is 1.74 bits per heavy atom. The van der Waals surface area contributed by atoms with Crippen molar-refractivity contribution >= 4 is 27.2 Å². The summed E-state index contributed by atoms with van der Waals surface area (Å²) in [6.45, 7) is 4.92. The number of carboxylic acid groups (broad SMARTS) is 1. The summed E-state index contributed by atoms with van der Waals surface area (Å²) in [6.07, 6.45) is 0.435. The molecule has 0 aliphatic carbocycles. The predicted molar refractivity (Wildman–Crippen MR) is 131 cm³/mol. The van der Waals surface area contributed by atoms with Gasteiger partial charge in [0.2, 0.25) is 0 Å². The minimum atomic E-state index is -4.24. The van der Waals surface area contributed by atoms with Gasteiger partial charge in [-0.1, -0.05) is 12.1 Å². The Kier molecular flexibility index (Phi) is 6.32. The van der Waals surface area contributed by atoms with Gasteiger partial charge in [0.15, 0.2) is 11.5 Å². The number of hydrogen-bond donors (Lipinski definition) is 1. The van der Waals surface area contributed by atoms with Crippen LogP contribution in [-0.4, -0.2) is 64.5 Å². The third kappa shape index (κ3) is 4.48. The molecule has 0 radical (unpaired) electrons. The number of rotatable bonds is 5. The molecule has 1 aliphatic heterocycles. The van der Waals surface area contributed by atoms with Gasteiger partial charge in [-0.15, -0.1) is 0 Å². The molecular formula is C24H28N4O6S. The molecule has 3 aromatic rings. The molecule has 0 fully saturated rings. The molecule has 2 heterocycles. The molecule has 2 aromatic carbocycles. The lowest BCUT2D eigenvalue weighted by Gasteiger charge is -2.37. The van der Waals surface area contributed by atoms with Crippen LogP contribution >= 0.6 is 0 Å². The number of methoxy groups -OCH3 is 2. The van der Waals surface area contributed by atoms with Crippen LogP contribution < -0.4 is 9.47 Å². The van der Waals surface area contributed by atoms with E-state index in [2.05, 4.69) is 9.97 Å². The summed E-state index contributed by atoms with van der Waals surface area (Å²) in [5, 5.41) is 10.4. The lowest BCUT2D eigenvalue weighted by Crippen LogP contribution is -2.55. The first-order valence-electron chi connectivity index (χ1n) is 11.0. The van der Waals surface area contributed by atoms with E-state index in [1.54, 1.807) is 41.1 Å². The first-order chi connectivity index (χ1) is 16.5. The zero-order chi connectivity index (χ0) is 25.5. The molecule has 35 heavy (non-hydrogen) atoms. The van der Waals surface area contributed by atoms with E-state index in [9.17, 15) is 18.3 Å². The van der Waals surface area contributed by atoms with E-state index in [-0.39, 0.29) is 13.1 Å². The van der Waals surface area contributed by atoms with Gasteiger partial charge < -0.3 is 14.6 Å². The zero-order valence-corrected chi connectivity index (χ0v) is 21.1. The highest BCUT2D eigenvalue weighted by atomic mass is 32.2. The van der Waals surface area contributed by atoms with Crippen molar-refractivity contribution in [2.24, 2.45) is 0 Å². The predicted octanol–water partition coefficient (Wildman–Crippen LogP) is 3.70. The fraction of sp³-hybridized carbons (Fsp3) is 0.375. The van der Waals surface area contributed by atoms with Gasteiger partial charge in [0.1, 0.15) is 6.33 Å². The summed E-state index contributed by atoms with van der Waals surface area (Å²) >= 11 is 0. The molecule has 0 unspecified atom stereocenters. The molecule has 0 spiro atoms. The maximum atomic E-state index is 13.3. The molecule has 1 aliphatic rings. The van der Waals surface area contributed by atoms with Crippen LogP contribution in [-0.2, 0) is 23.2 Å². The maximum absolute atomic E-state index is 13.3. The minimum Gasteiger partial charge on any atom is -0.493 e. The number of nitrogens with zero attached hydrogens (tertiary/aromatic N) is 4. The van der Waals surface area contributed by atoms with Gasteiger partial charge >= 0.3 is 16.3 Å². The second-order valence-electron chi connectivity index (χ2n) is 9.24. The summed E-state index contributed by atoms with van der Waals surface area (Å²) in [5.74, 6) is 1.10. The summed E-state index contributed by atoms with van der Waals surface area (Å²) in [5.41, 5.74) is 2.82. The topological polar surface area (TPSA) is 122 Å². The molecule has 1 N–H and O–H groups in total. The Morgan fingerprint density at radius 3 is 2.37 bits per heavy atom. The molecule has 10 nitrogen and oxygen atoms in total. The van der Waals surface area contributed by atoms with Crippen molar-refractivity contribution in [3.63, 3.8) is 0 Å².